The Balaban J connectivity index is 2.29. The number of rotatable bonds is 10. The molecule has 0 saturated carbocycles. The molecule has 2 aromatic carbocycles. The van der Waals surface area contributed by atoms with E-state index in [2.05, 4.69) is 26.8 Å². The third-order valence-corrected chi connectivity index (χ3v) is 5.05. The fourth-order valence-corrected chi connectivity index (χ4v) is 3.34. The van der Waals surface area contributed by atoms with Gasteiger partial charge in [0.05, 0.1) is 6.61 Å². The smallest absolute Gasteiger partial charge is 0.188 e. The van der Waals surface area contributed by atoms with E-state index < -0.39 is 0 Å². The van der Waals surface area contributed by atoms with Crippen molar-refractivity contribution in [3.8, 4) is 11.5 Å². The number of benzene rings is 2. The van der Waals surface area contributed by atoms with Crippen LogP contribution in [0.25, 0.3) is 0 Å². The molecular weight excluding hydrogens is 379 g/mol. The molecule has 0 bridgehead atoms. The van der Waals surface area contributed by atoms with Crippen LogP contribution in [0.3, 0.4) is 0 Å². The highest BCUT2D eigenvalue weighted by atomic mass is 35.5. The summed E-state index contributed by atoms with van der Waals surface area (Å²) >= 11 is 6.48. The predicted octanol–water partition coefficient (Wildman–Crippen LogP) is 6.66. The van der Waals surface area contributed by atoms with E-state index in [0.29, 0.717) is 23.6 Å². The standard InChI is InChI=1S/C23H30ClFO3/c1-6-7-10-27-22-13-20(24)19(16(4)23(22)25)12-17-8-9-21(28-14-26-5)18(11-17)15(2)3/h8-9,11,13,15H,6-7,10,12,14H2,1-5H3. The molecule has 0 aliphatic heterocycles. The van der Waals surface area contributed by atoms with Crippen LogP contribution in [0.5, 0.6) is 11.5 Å². The van der Waals surface area contributed by atoms with Crippen molar-refractivity contribution in [1.82, 2.24) is 0 Å². The maximum Gasteiger partial charge on any atom is 0.188 e. The summed E-state index contributed by atoms with van der Waals surface area (Å²) in [6, 6.07) is 7.60. The van der Waals surface area contributed by atoms with Gasteiger partial charge in [-0.05, 0) is 54.0 Å². The van der Waals surface area contributed by atoms with Crippen molar-refractivity contribution in [3.05, 3.63) is 57.4 Å². The van der Waals surface area contributed by atoms with Crippen LogP contribution >= 0.6 is 11.6 Å². The van der Waals surface area contributed by atoms with Crippen molar-refractivity contribution in [2.24, 2.45) is 0 Å². The van der Waals surface area contributed by atoms with Gasteiger partial charge in [-0.1, -0.05) is 50.9 Å². The van der Waals surface area contributed by atoms with Gasteiger partial charge >= 0.3 is 0 Å². The molecule has 0 aliphatic carbocycles. The average Bonchev–Trinajstić information content (AvgIpc) is 2.67. The van der Waals surface area contributed by atoms with E-state index >= 15 is 0 Å². The van der Waals surface area contributed by atoms with Crippen molar-refractivity contribution in [3.63, 3.8) is 0 Å². The van der Waals surface area contributed by atoms with E-state index in [1.165, 1.54) is 0 Å². The minimum atomic E-state index is -0.334. The van der Waals surface area contributed by atoms with Crippen molar-refractivity contribution >= 4 is 11.6 Å². The van der Waals surface area contributed by atoms with Crippen LogP contribution in [0, 0.1) is 12.7 Å². The van der Waals surface area contributed by atoms with Crippen LogP contribution in [-0.4, -0.2) is 20.5 Å². The zero-order valence-corrected chi connectivity index (χ0v) is 18.2. The average molecular weight is 409 g/mol. The van der Waals surface area contributed by atoms with Gasteiger partial charge in [0.25, 0.3) is 0 Å². The molecule has 0 unspecified atom stereocenters. The number of hydrogen-bond donors (Lipinski definition) is 0. The fourth-order valence-electron chi connectivity index (χ4n) is 3.03. The first-order valence-corrected chi connectivity index (χ1v) is 10.1. The van der Waals surface area contributed by atoms with Crippen molar-refractivity contribution in [1.29, 1.82) is 0 Å². The summed E-state index contributed by atoms with van der Waals surface area (Å²) < 4.78 is 31.0. The van der Waals surface area contributed by atoms with Crippen LogP contribution in [0.1, 0.15) is 61.8 Å². The van der Waals surface area contributed by atoms with E-state index in [9.17, 15) is 4.39 Å². The Hall–Kier alpha value is -1.78. The number of methoxy groups -OCH3 is 1. The van der Waals surface area contributed by atoms with Gasteiger partial charge in [0.15, 0.2) is 18.4 Å². The van der Waals surface area contributed by atoms with E-state index in [-0.39, 0.29) is 24.3 Å². The Labute approximate surface area is 172 Å². The van der Waals surface area contributed by atoms with Gasteiger partial charge in [-0.3, -0.25) is 0 Å². The molecule has 0 fully saturated rings. The number of hydrogen-bond acceptors (Lipinski definition) is 3. The lowest BCUT2D eigenvalue weighted by Crippen LogP contribution is -2.05. The van der Waals surface area contributed by atoms with Crippen LogP contribution < -0.4 is 9.47 Å². The normalized spacial score (nSPS) is 11.1. The Morgan fingerprint density at radius 1 is 1.11 bits per heavy atom. The van der Waals surface area contributed by atoms with Crippen LogP contribution in [-0.2, 0) is 11.2 Å². The molecule has 0 aliphatic rings. The van der Waals surface area contributed by atoms with Crippen LogP contribution in [0.4, 0.5) is 4.39 Å². The SMILES string of the molecule is CCCCOc1cc(Cl)c(Cc2ccc(OCOC)c(C(C)C)c2)c(C)c1F. The van der Waals surface area contributed by atoms with E-state index in [1.54, 1.807) is 20.1 Å². The van der Waals surface area contributed by atoms with Gasteiger partial charge in [-0.15, -0.1) is 0 Å². The third kappa shape index (κ3) is 5.62. The summed E-state index contributed by atoms with van der Waals surface area (Å²) in [7, 11) is 1.60. The van der Waals surface area contributed by atoms with E-state index in [1.807, 2.05) is 12.1 Å². The minimum Gasteiger partial charge on any atom is -0.490 e. The molecule has 0 amide bonds. The van der Waals surface area contributed by atoms with Gasteiger partial charge in [0, 0.05) is 18.2 Å². The number of unbranched alkanes of at least 4 members (excludes halogenated alkanes) is 1. The molecule has 0 atom stereocenters. The maximum absolute atomic E-state index is 14.8. The first kappa shape index (κ1) is 22.5. The summed E-state index contributed by atoms with van der Waals surface area (Å²) in [5, 5.41) is 0.524. The molecule has 0 heterocycles. The molecule has 3 nitrogen and oxygen atoms in total. The largest absolute Gasteiger partial charge is 0.490 e. The Morgan fingerprint density at radius 2 is 1.86 bits per heavy atom. The lowest BCUT2D eigenvalue weighted by molar-refractivity contribution is 0.0502. The molecular formula is C23H30ClFO3. The zero-order chi connectivity index (χ0) is 20.7. The molecule has 5 heteroatoms. The fraction of sp³-hybridized carbons (Fsp3) is 0.478. The number of ether oxygens (including phenoxy) is 3. The first-order valence-electron chi connectivity index (χ1n) is 9.73. The number of halogens is 2. The van der Waals surface area contributed by atoms with Crippen LogP contribution in [0.15, 0.2) is 24.3 Å². The molecule has 0 N–H and O–H groups in total. The minimum absolute atomic E-state index is 0.203. The highest BCUT2D eigenvalue weighted by molar-refractivity contribution is 6.31. The molecule has 154 valence electrons. The second-order valence-corrected chi connectivity index (χ2v) is 7.64. The Morgan fingerprint density at radius 3 is 2.50 bits per heavy atom. The monoisotopic (exact) mass is 408 g/mol. The summed E-state index contributed by atoms with van der Waals surface area (Å²) in [5.74, 6) is 0.981. The molecule has 0 spiro atoms. The zero-order valence-electron chi connectivity index (χ0n) is 17.4. The first-order chi connectivity index (χ1) is 13.4. The molecule has 0 aromatic heterocycles. The topological polar surface area (TPSA) is 27.7 Å². The Bertz CT molecular complexity index is 790. The highest BCUT2D eigenvalue weighted by Crippen LogP contribution is 2.34. The summed E-state index contributed by atoms with van der Waals surface area (Å²) in [6.45, 7) is 8.73. The predicted molar refractivity (Wildman–Crippen MR) is 112 cm³/mol. The third-order valence-electron chi connectivity index (χ3n) is 4.71. The van der Waals surface area contributed by atoms with E-state index in [4.69, 9.17) is 25.8 Å². The molecule has 0 saturated heterocycles. The van der Waals surface area contributed by atoms with Crippen molar-refractivity contribution in [2.75, 3.05) is 20.5 Å². The van der Waals surface area contributed by atoms with E-state index in [0.717, 1.165) is 35.3 Å². The molecule has 2 rings (SSSR count). The maximum atomic E-state index is 14.8. The second-order valence-electron chi connectivity index (χ2n) is 7.23. The van der Waals surface area contributed by atoms with Crippen molar-refractivity contribution < 1.29 is 18.6 Å². The highest BCUT2D eigenvalue weighted by Gasteiger charge is 2.17. The Kier molecular flexibility index (Phi) is 8.58. The lowest BCUT2D eigenvalue weighted by Gasteiger charge is -2.17. The van der Waals surface area contributed by atoms with Gasteiger partial charge in [0.1, 0.15) is 5.75 Å². The summed E-state index contributed by atoms with van der Waals surface area (Å²) in [5.41, 5.74) is 3.45. The molecule has 2 aromatic rings. The quantitative estimate of drug-likeness (QED) is 0.325. The molecule has 0 radical (unpaired) electrons. The van der Waals surface area contributed by atoms with Gasteiger partial charge in [-0.2, -0.15) is 0 Å². The summed E-state index contributed by atoms with van der Waals surface area (Å²) in [4.78, 5) is 0. The van der Waals surface area contributed by atoms with Crippen molar-refractivity contribution in [2.45, 2.75) is 52.9 Å². The second kappa shape index (κ2) is 10.7. The van der Waals surface area contributed by atoms with Gasteiger partial charge < -0.3 is 14.2 Å². The lowest BCUT2D eigenvalue weighted by atomic mass is 9.94. The van der Waals surface area contributed by atoms with Gasteiger partial charge in [-0.25, -0.2) is 4.39 Å². The van der Waals surface area contributed by atoms with Gasteiger partial charge in [0.2, 0.25) is 0 Å². The molecule has 28 heavy (non-hydrogen) atoms. The van der Waals surface area contributed by atoms with Crippen LogP contribution in [0.2, 0.25) is 5.02 Å². The summed E-state index contributed by atoms with van der Waals surface area (Å²) in [6.07, 6.45) is 2.42.